The molecule has 1 aliphatic carbocycles. The Morgan fingerprint density at radius 1 is 0.975 bits per heavy atom. The highest BCUT2D eigenvalue weighted by Gasteiger charge is 2.53. The topological polar surface area (TPSA) is 94.5 Å². The van der Waals surface area contributed by atoms with E-state index >= 15 is 0 Å². The molecule has 0 spiro atoms. The minimum atomic E-state index is -1.90. The Balaban J connectivity index is 1.82. The third-order valence-corrected chi connectivity index (χ3v) is 8.93. The first-order chi connectivity index (χ1) is 19.3. The summed E-state index contributed by atoms with van der Waals surface area (Å²) < 4.78 is 24.0. The molecule has 0 aromatic heterocycles. The molecule has 2 saturated heterocycles. The van der Waals surface area contributed by atoms with Crippen LogP contribution in [0.15, 0.2) is 24.0 Å². The van der Waals surface area contributed by atoms with Gasteiger partial charge >= 0.3 is 5.97 Å². The third-order valence-electron chi connectivity index (χ3n) is 8.93. The number of aliphatic carboxylic acids is 1. The maximum atomic E-state index is 12.9. The first kappa shape index (κ1) is 33.1. The highest BCUT2D eigenvalue weighted by molar-refractivity contribution is 5.78. The van der Waals surface area contributed by atoms with Crippen LogP contribution in [-0.2, 0) is 23.7 Å². The molecular weight excluding hydrogens is 508 g/mol. The zero-order valence-corrected chi connectivity index (χ0v) is 25.4. The minimum Gasteiger partial charge on any atom is -0.479 e. The van der Waals surface area contributed by atoms with Gasteiger partial charge in [0.2, 0.25) is 0 Å². The maximum absolute atomic E-state index is 12.9. The molecule has 1 saturated carbocycles. The first-order valence-electron chi connectivity index (χ1n) is 16.1. The van der Waals surface area contributed by atoms with E-state index in [1.165, 1.54) is 0 Å². The van der Waals surface area contributed by atoms with Crippen molar-refractivity contribution in [2.75, 3.05) is 19.8 Å². The number of ether oxygens (including phenoxy) is 4. The second-order valence-corrected chi connectivity index (χ2v) is 12.8. The lowest BCUT2D eigenvalue weighted by molar-refractivity contribution is -0.182. The van der Waals surface area contributed by atoms with Gasteiger partial charge in [-0.15, -0.1) is 0 Å². The Morgan fingerprint density at radius 2 is 1.62 bits per heavy atom. The molecule has 3 fully saturated rings. The van der Waals surface area contributed by atoms with Crippen molar-refractivity contribution in [3.05, 3.63) is 24.0 Å². The van der Waals surface area contributed by atoms with Gasteiger partial charge in [-0.2, -0.15) is 0 Å². The van der Waals surface area contributed by atoms with Gasteiger partial charge in [0.1, 0.15) is 5.76 Å². The van der Waals surface area contributed by atoms with Gasteiger partial charge in [-0.3, -0.25) is 0 Å². The molecule has 2 unspecified atom stereocenters. The second-order valence-electron chi connectivity index (χ2n) is 12.8. The molecule has 40 heavy (non-hydrogen) atoms. The van der Waals surface area contributed by atoms with Gasteiger partial charge in [0.15, 0.2) is 18.2 Å². The fourth-order valence-corrected chi connectivity index (χ4v) is 6.31. The van der Waals surface area contributed by atoms with Crippen molar-refractivity contribution in [3.63, 3.8) is 0 Å². The number of rotatable bonds is 17. The SMILES string of the molecule is CCCCC(C)(C)CC=C(OC1CCCCO1)[C@H](CC=CCCOC1CCCCO1)[C@@](O)(C(=O)O)C1CCCC1. The lowest BCUT2D eigenvalue weighted by Gasteiger charge is -2.39. The molecule has 2 aliphatic heterocycles. The van der Waals surface area contributed by atoms with Crippen molar-refractivity contribution >= 4 is 5.97 Å². The minimum absolute atomic E-state index is 0.0473. The molecule has 0 bridgehead atoms. The number of carboxylic acid groups (broad SMARTS) is 1. The normalized spacial score (nSPS) is 25.6. The smallest absolute Gasteiger partial charge is 0.336 e. The maximum Gasteiger partial charge on any atom is 0.336 e. The van der Waals surface area contributed by atoms with Gasteiger partial charge in [0.25, 0.3) is 0 Å². The van der Waals surface area contributed by atoms with Crippen LogP contribution >= 0.6 is 0 Å². The lowest BCUT2D eigenvalue weighted by atomic mass is 9.72. The van der Waals surface area contributed by atoms with E-state index in [2.05, 4.69) is 26.8 Å². The van der Waals surface area contributed by atoms with Crippen molar-refractivity contribution in [2.45, 2.75) is 142 Å². The van der Waals surface area contributed by atoms with E-state index < -0.39 is 23.8 Å². The van der Waals surface area contributed by atoms with Gasteiger partial charge in [0, 0.05) is 13.0 Å². The molecule has 2 heterocycles. The Labute approximate surface area is 242 Å². The predicted octanol–water partition coefficient (Wildman–Crippen LogP) is 7.52. The van der Waals surface area contributed by atoms with Crippen molar-refractivity contribution in [3.8, 4) is 0 Å². The lowest BCUT2D eigenvalue weighted by Crippen LogP contribution is -2.52. The average Bonchev–Trinajstić information content (AvgIpc) is 3.50. The molecule has 4 atom stereocenters. The number of carbonyl (C=O) groups is 1. The summed E-state index contributed by atoms with van der Waals surface area (Å²) in [6.07, 6.45) is 20.0. The van der Waals surface area contributed by atoms with Crippen LogP contribution < -0.4 is 0 Å². The standard InChI is InChI=1S/C33H56O7/c1-4-5-21-32(2,3)22-20-28(40-30-19-11-14-25-39-30)27(33(36,31(34)35)26-15-8-9-16-26)17-7-6-12-23-37-29-18-10-13-24-38-29/h6-7,20,26-27,29-30,36H,4-5,8-19,21-25H2,1-3H3,(H,34,35)/t27-,29?,30?,33+/m0/s1. The zero-order valence-electron chi connectivity index (χ0n) is 25.4. The van der Waals surface area contributed by atoms with E-state index in [-0.39, 0.29) is 17.6 Å². The Hall–Kier alpha value is -1.41. The highest BCUT2D eigenvalue weighted by Crippen LogP contribution is 2.44. The molecular formula is C33H56O7. The molecule has 7 nitrogen and oxygen atoms in total. The highest BCUT2D eigenvalue weighted by atomic mass is 16.7. The number of allylic oxidation sites excluding steroid dienone is 2. The van der Waals surface area contributed by atoms with Crippen LogP contribution in [0.3, 0.4) is 0 Å². The van der Waals surface area contributed by atoms with E-state index in [4.69, 9.17) is 18.9 Å². The van der Waals surface area contributed by atoms with Crippen LogP contribution in [0.25, 0.3) is 0 Å². The predicted molar refractivity (Wildman–Crippen MR) is 157 cm³/mol. The van der Waals surface area contributed by atoms with Gasteiger partial charge in [-0.1, -0.05) is 58.6 Å². The number of hydrogen-bond donors (Lipinski definition) is 2. The van der Waals surface area contributed by atoms with Gasteiger partial charge in [-0.05, 0) is 88.0 Å². The number of unbranched alkanes of at least 4 members (excludes halogenated alkanes) is 1. The monoisotopic (exact) mass is 564 g/mol. The quantitative estimate of drug-likeness (QED) is 0.107. The van der Waals surface area contributed by atoms with Crippen molar-refractivity contribution in [1.29, 1.82) is 0 Å². The summed E-state index contributed by atoms with van der Waals surface area (Å²) >= 11 is 0. The second kappa shape index (κ2) is 16.9. The molecule has 3 aliphatic rings. The zero-order chi connectivity index (χ0) is 28.8. The van der Waals surface area contributed by atoms with Crippen LogP contribution in [0.1, 0.15) is 124 Å². The van der Waals surface area contributed by atoms with Crippen LogP contribution in [0, 0.1) is 17.3 Å². The van der Waals surface area contributed by atoms with Crippen molar-refractivity contribution in [1.82, 2.24) is 0 Å². The number of hydrogen-bond acceptors (Lipinski definition) is 6. The fraction of sp³-hybridized carbons (Fsp3) is 0.848. The van der Waals surface area contributed by atoms with E-state index in [1.807, 2.05) is 12.2 Å². The summed E-state index contributed by atoms with van der Waals surface area (Å²) in [7, 11) is 0. The molecule has 0 aromatic carbocycles. The van der Waals surface area contributed by atoms with E-state index in [0.717, 1.165) is 83.7 Å². The van der Waals surface area contributed by atoms with Crippen LogP contribution in [0.2, 0.25) is 0 Å². The van der Waals surface area contributed by atoms with Crippen LogP contribution in [0.5, 0.6) is 0 Å². The fourth-order valence-electron chi connectivity index (χ4n) is 6.31. The summed E-state index contributed by atoms with van der Waals surface area (Å²) in [5, 5.41) is 22.6. The average molecular weight is 565 g/mol. The molecule has 230 valence electrons. The molecule has 0 radical (unpaired) electrons. The summed E-state index contributed by atoms with van der Waals surface area (Å²) in [4.78, 5) is 12.9. The van der Waals surface area contributed by atoms with Crippen LogP contribution in [0.4, 0.5) is 0 Å². The first-order valence-corrected chi connectivity index (χ1v) is 16.1. The van der Waals surface area contributed by atoms with Gasteiger partial charge in [-0.25, -0.2) is 4.79 Å². The summed E-state index contributed by atoms with van der Waals surface area (Å²) in [5.41, 5.74) is -1.85. The molecule has 7 heteroatoms. The number of aliphatic hydroxyl groups is 1. The third kappa shape index (κ3) is 10.1. The van der Waals surface area contributed by atoms with E-state index in [9.17, 15) is 15.0 Å². The van der Waals surface area contributed by atoms with Crippen LogP contribution in [-0.4, -0.2) is 54.2 Å². The molecule has 0 amide bonds. The van der Waals surface area contributed by atoms with Crippen molar-refractivity contribution in [2.24, 2.45) is 17.3 Å². The van der Waals surface area contributed by atoms with Gasteiger partial charge < -0.3 is 29.2 Å². The Bertz CT molecular complexity index is 789. The molecule has 3 rings (SSSR count). The largest absolute Gasteiger partial charge is 0.479 e. The van der Waals surface area contributed by atoms with E-state index in [0.29, 0.717) is 44.7 Å². The Morgan fingerprint density at radius 3 is 2.23 bits per heavy atom. The van der Waals surface area contributed by atoms with Crippen molar-refractivity contribution < 1.29 is 34.0 Å². The Kier molecular flexibility index (Phi) is 14.0. The number of carboxylic acids is 1. The molecule has 0 aromatic rings. The molecule has 2 N–H and O–H groups in total. The van der Waals surface area contributed by atoms with E-state index in [1.54, 1.807) is 0 Å². The summed E-state index contributed by atoms with van der Waals surface area (Å²) in [6, 6.07) is 0. The summed E-state index contributed by atoms with van der Waals surface area (Å²) in [5.74, 6) is -1.58. The van der Waals surface area contributed by atoms with Gasteiger partial charge in [0.05, 0.1) is 19.1 Å². The summed E-state index contributed by atoms with van der Waals surface area (Å²) in [6.45, 7) is 8.65.